The summed E-state index contributed by atoms with van der Waals surface area (Å²) in [5.41, 5.74) is 6.42. The molecule has 216 valence electrons. The minimum Gasteiger partial charge on any atom is -0.475 e. The lowest BCUT2D eigenvalue weighted by molar-refractivity contribution is -0.192. The van der Waals surface area contributed by atoms with Crippen LogP contribution in [0.5, 0.6) is 0 Å². The quantitative estimate of drug-likeness (QED) is 0.379. The van der Waals surface area contributed by atoms with Crippen molar-refractivity contribution in [2.24, 2.45) is 5.73 Å². The average molecular weight is 557 g/mol. The molecule has 0 radical (unpaired) electrons. The fourth-order valence-corrected chi connectivity index (χ4v) is 3.66. The Balaban J connectivity index is 0.000000477. The molecular weight excluding hydrogens is 521 g/mol. The predicted octanol–water partition coefficient (Wildman–Crippen LogP) is 2.20. The molecular formula is C26H35F3N4O6. The first kappa shape index (κ1) is 33.3. The third-order valence-corrected chi connectivity index (χ3v) is 5.66. The van der Waals surface area contributed by atoms with Crippen molar-refractivity contribution >= 4 is 34.5 Å². The SMILES string of the molecule is COC(=O)C(CNC(C)=O)N(Cc1cccc2ccccc12)C(=O)CN.C[C@H]1CCCN1.O=C(O)C(F)(F)F. The van der Waals surface area contributed by atoms with Gasteiger partial charge in [0.15, 0.2) is 0 Å². The van der Waals surface area contributed by atoms with Gasteiger partial charge in [-0.25, -0.2) is 9.59 Å². The number of nitrogens with two attached hydrogens (primary N) is 1. The summed E-state index contributed by atoms with van der Waals surface area (Å²) in [5.74, 6) is -4.07. The summed E-state index contributed by atoms with van der Waals surface area (Å²) in [6.07, 6.45) is -2.33. The maximum absolute atomic E-state index is 12.4. The number of carboxylic acid groups (broad SMARTS) is 1. The van der Waals surface area contributed by atoms with E-state index < -0.39 is 30.1 Å². The number of rotatable bonds is 7. The molecule has 0 bridgehead atoms. The summed E-state index contributed by atoms with van der Waals surface area (Å²) < 4.78 is 36.6. The maximum Gasteiger partial charge on any atom is 0.490 e. The van der Waals surface area contributed by atoms with E-state index in [4.69, 9.17) is 20.4 Å². The average Bonchev–Trinajstić information content (AvgIpc) is 3.38. The predicted molar refractivity (Wildman–Crippen MR) is 138 cm³/mol. The van der Waals surface area contributed by atoms with Gasteiger partial charge >= 0.3 is 18.1 Å². The summed E-state index contributed by atoms with van der Waals surface area (Å²) in [5, 5.41) is 15.0. The number of esters is 1. The first-order valence-electron chi connectivity index (χ1n) is 12.1. The molecule has 2 aromatic carbocycles. The van der Waals surface area contributed by atoms with Crippen molar-refractivity contribution in [1.29, 1.82) is 0 Å². The van der Waals surface area contributed by atoms with Crippen molar-refractivity contribution in [2.45, 2.75) is 51.5 Å². The zero-order chi connectivity index (χ0) is 29.6. The molecule has 0 aliphatic carbocycles. The molecule has 2 aromatic rings. The molecule has 1 fully saturated rings. The van der Waals surface area contributed by atoms with Crippen LogP contribution in [0.25, 0.3) is 10.8 Å². The molecule has 0 aromatic heterocycles. The Hall–Kier alpha value is -3.71. The number of nitrogens with zero attached hydrogens (tertiary/aromatic N) is 1. The van der Waals surface area contributed by atoms with Gasteiger partial charge < -0.3 is 31.1 Å². The van der Waals surface area contributed by atoms with Gasteiger partial charge in [0.05, 0.1) is 13.7 Å². The van der Waals surface area contributed by atoms with Crippen LogP contribution in [0.1, 0.15) is 32.3 Å². The van der Waals surface area contributed by atoms with Crippen molar-refractivity contribution in [3.8, 4) is 0 Å². The Morgan fingerprint density at radius 2 is 1.79 bits per heavy atom. The van der Waals surface area contributed by atoms with E-state index in [0.717, 1.165) is 22.4 Å². The Bertz CT molecular complexity index is 1100. The maximum atomic E-state index is 12.4. The lowest BCUT2D eigenvalue weighted by Crippen LogP contribution is -2.52. The van der Waals surface area contributed by atoms with Crippen molar-refractivity contribution in [3.05, 3.63) is 48.0 Å². The molecule has 13 heteroatoms. The number of halogens is 3. The molecule has 0 spiro atoms. The Labute approximate surface area is 224 Å². The van der Waals surface area contributed by atoms with Crippen LogP contribution in [0.4, 0.5) is 13.2 Å². The second-order valence-electron chi connectivity index (χ2n) is 8.64. The number of carbonyl (C=O) groups excluding carboxylic acids is 3. The molecule has 0 saturated carbocycles. The standard InChI is InChI=1S/C19H23N3O4.C5H11N.C2HF3O2/c1-13(23)21-11-17(19(25)26-2)22(18(24)10-20)12-15-8-5-7-14-6-3-4-9-16(14)15;1-5-3-2-4-6-5;3-2(4,5)1(6)7/h3-9,17H,10-12,20H2,1-2H3,(H,21,23);5-6H,2-4H2,1H3;(H,6,7)/t;5-;/m.0./s1. The number of amides is 2. The van der Waals surface area contributed by atoms with Gasteiger partial charge in [0.2, 0.25) is 11.8 Å². The second kappa shape index (κ2) is 16.3. The number of ether oxygens (including phenoxy) is 1. The van der Waals surface area contributed by atoms with Crippen LogP contribution >= 0.6 is 0 Å². The molecule has 39 heavy (non-hydrogen) atoms. The second-order valence-corrected chi connectivity index (χ2v) is 8.64. The van der Waals surface area contributed by atoms with Crippen LogP contribution in [-0.2, 0) is 30.5 Å². The van der Waals surface area contributed by atoms with Gasteiger partial charge in [0.25, 0.3) is 0 Å². The summed E-state index contributed by atoms with van der Waals surface area (Å²) in [4.78, 5) is 46.2. The molecule has 3 rings (SSSR count). The van der Waals surface area contributed by atoms with E-state index in [1.807, 2.05) is 42.5 Å². The number of fused-ring (bicyclic) bond motifs is 1. The zero-order valence-electron chi connectivity index (χ0n) is 22.1. The Morgan fingerprint density at radius 1 is 1.18 bits per heavy atom. The normalized spacial score (nSPS) is 15.1. The highest BCUT2D eigenvalue weighted by Gasteiger charge is 2.38. The van der Waals surface area contributed by atoms with Gasteiger partial charge in [0, 0.05) is 26.1 Å². The molecule has 1 aliphatic heterocycles. The first-order valence-corrected chi connectivity index (χ1v) is 12.1. The van der Waals surface area contributed by atoms with Gasteiger partial charge in [-0.3, -0.25) is 9.59 Å². The lowest BCUT2D eigenvalue weighted by Gasteiger charge is -2.30. The largest absolute Gasteiger partial charge is 0.490 e. The number of aliphatic carboxylic acids is 1. The number of methoxy groups -OCH3 is 1. The fourth-order valence-electron chi connectivity index (χ4n) is 3.66. The minimum atomic E-state index is -5.08. The van der Waals surface area contributed by atoms with Gasteiger partial charge in [-0.15, -0.1) is 0 Å². The van der Waals surface area contributed by atoms with E-state index in [-0.39, 0.29) is 25.5 Å². The molecule has 2 atom stereocenters. The monoisotopic (exact) mass is 556 g/mol. The third kappa shape index (κ3) is 11.7. The van der Waals surface area contributed by atoms with Crippen molar-refractivity contribution < 1.29 is 42.2 Å². The minimum absolute atomic E-state index is 0.0431. The van der Waals surface area contributed by atoms with Crippen molar-refractivity contribution in [2.75, 3.05) is 26.7 Å². The number of carboxylic acids is 1. The van der Waals surface area contributed by atoms with Gasteiger partial charge in [-0.05, 0) is 42.6 Å². The van der Waals surface area contributed by atoms with Crippen LogP contribution in [0.2, 0.25) is 0 Å². The van der Waals surface area contributed by atoms with Crippen LogP contribution in [0.3, 0.4) is 0 Å². The molecule has 1 saturated heterocycles. The molecule has 1 aliphatic rings. The Morgan fingerprint density at radius 3 is 2.26 bits per heavy atom. The first-order chi connectivity index (χ1) is 18.3. The zero-order valence-corrected chi connectivity index (χ0v) is 22.1. The summed E-state index contributed by atoms with van der Waals surface area (Å²) in [6.45, 7) is 4.69. The van der Waals surface area contributed by atoms with E-state index in [1.54, 1.807) is 0 Å². The highest BCUT2D eigenvalue weighted by Crippen LogP contribution is 2.21. The van der Waals surface area contributed by atoms with Gasteiger partial charge in [0.1, 0.15) is 6.04 Å². The molecule has 5 N–H and O–H groups in total. The summed E-state index contributed by atoms with van der Waals surface area (Å²) in [6, 6.07) is 13.4. The number of alkyl halides is 3. The smallest absolute Gasteiger partial charge is 0.475 e. The van der Waals surface area contributed by atoms with Crippen molar-refractivity contribution in [3.63, 3.8) is 0 Å². The number of carbonyl (C=O) groups is 4. The van der Waals surface area contributed by atoms with E-state index in [9.17, 15) is 27.6 Å². The van der Waals surface area contributed by atoms with Crippen LogP contribution in [-0.4, -0.2) is 78.8 Å². The Kier molecular flexibility index (Phi) is 13.9. The number of hydrogen-bond acceptors (Lipinski definition) is 7. The van der Waals surface area contributed by atoms with E-state index in [0.29, 0.717) is 0 Å². The molecule has 1 unspecified atom stereocenters. The highest BCUT2D eigenvalue weighted by molar-refractivity contribution is 5.88. The van der Waals surface area contributed by atoms with Crippen LogP contribution < -0.4 is 16.4 Å². The summed E-state index contributed by atoms with van der Waals surface area (Å²) >= 11 is 0. The van der Waals surface area contributed by atoms with Gasteiger partial charge in [-0.1, -0.05) is 42.5 Å². The van der Waals surface area contributed by atoms with Crippen LogP contribution in [0.15, 0.2) is 42.5 Å². The molecule has 1 heterocycles. The summed E-state index contributed by atoms with van der Waals surface area (Å²) in [7, 11) is 1.24. The van der Waals surface area contributed by atoms with E-state index in [1.165, 1.54) is 38.3 Å². The van der Waals surface area contributed by atoms with Crippen LogP contribution in [0, 0.1) is 0 Å². The lowest BCUT2D eigenvalue weighted by atomic mass is 10.0. The van der Waals surface area contributed by atoms with E-state index >= 15 is 0 Å². The molecule has 2 amide bonds. The molecule has 10 nitrogen and oxygen atoms in total. The third-order valence-electron chi connectivity index (χ3n) is 5.66. The fraction of sp³-hybridized carbons (Fsp3) is 0.462. The van der Waals surface area contributed by atoms with E-state index in [2.05, 4.69) is 17.6 Å². The number of benzene rings is 2. The van der Waals surface area contributed by atoms with Gasteiger partial charge in [-0.2, -0.15) is 13.2 Å². The topological polar surface area (TPSA) is 151 Å². The highest BCUT2D eigenvalue weighted by atomic mass is 19.4. The number of nitrogens with one attached hydrogen (secondary N) is 2. The number of hydrogen-bond donors (Lipinski definition) is 4. The van der Waals surface area contributed by atoms with Crippen molar-refractivity contribution in [1.82, 2.24) is 15.5 Å².